The first-order valence-corrected chi connectivity index (χ1v) is 5.45. The van der Waals surface area contributed by atoms with E-state index in [0.717, 1.165) is 11.0 Å². The Balaban J connectivity index is 2.19. The molecular formula is C11H14BNO4. The van der Waals surface area contributed by atoms with Crippen molar-refractivity contribution in [3.8, 4) is 5.75 Å². The molecule has 0 unspecified atom stereocenters. The van der Waals surface area contributed by atoms with Crippen molar-refractivity contribution in [1.82, 2.24) is 0 Å². The molecule has 0 radical (unpaired) electrons. The summed E-state index contributed by atoms with van der Waals surface area (Å²) in [6, 6.07) is 5.44. The third-order valence-electron chi connectivity index (χ3n) is 2.79. The summed E-state index contributed by atoms with van der Waals surface area (Å²) in [7, 11) is 0. The highest BCUT2D eigenvalue weighted by molar-refractivity contribution is 6.67. The topological polar surface area (TPSA) is 81.8 Å². The van der Waals surface area contributed by atoms with Gasteiger partial charge in [-0.25, -0.2) is 4.79 Å². The Hall–Kier alpha value is -1.53. The second-order valence-corrected chi connectivity index (χ2v) is 3.98. The number of carbonyl (C=O) groups is 1. The van der Waals surface area contributed by atoms with E-state index in [1.165, 1.54) is 0 Å². The second kappa shape index (κ2) is 4.77. The van der Waals surface area contributed by atoms with Crippen LogP contribution in [0.25, 0.3) is 0 Å². The van der Waals surface area contributed by atoms with E-state index < -0.39 is 5.97 Å². The zero-order valence-electron chi connectivity index (χ0n) is 9.55. The summed E-state index contributed by atoms with van der Waals surface area (Å²) in [6.45, 7) is 2.00. The van der Waals surface area contributed by atoms with Gasteiger partial charge in [-0.1, -0.05) is 12.9 Å². The molecule has 0 bridgehead atoms. The highest BCUT2D eigenvalue weighted by Gasteiger charge is 2.31. The monoisotopic (exact) mass is 235 g/mol. The van der Waals surface area contributed by atoms with Gasteiger partial charge in [0.25, 0.3) is 0 Å². The molecule has 0 spiro atoms. The van der Waals surface area contributed by atoms with E-state index >= 15 is 0 Å². The standard InChI is InChI=1S/C11H14BNO4/c1-12-9-4-7(16-6-11(14)15)2-3-8(9)10(5-13)17-12/h2-4,10H,5-6,13H2,1H3,(H,14,15)/t10-/m1/s1. The Kier molecular flexibility index (Phi) is 3.35. The van der Waals surface area contributed by atoms with Crippen molar-refractivity contribution in [2.24, 2.45) is 5.73 Å². The fourth-order valence-corrected chi connectivity index (χ4v) is 2.01. The van der Waals surface area contributed by atoms with Crippen molar-refractivity contribution in [2.45, 2.75) is 12.9 Å². The number of ether oxygens (including phenoxy) is 1. The smallest absolute Gasteiger partial charge is 0.341 e. The minimum Gasteiger partial charge on any atom is -0.482 e. The minimum absolute atomic E-state index is 0.0353. The number of carboxylic acids is 1. The summed E-state index contributed by atoms with van der Waals surface area (Å²) < 4.78 is 10.8. The van der Waals surface area contributed by atoms with Gasteiger partial charge in [0.05, 0.1) is 6.10 Å². The van der Waals surface area contributed by atoms with E-state index in [-0.39, 0.29) is 19.6 Å². The lowest BCUT2D eigenvalue weighted by Crippen LogP contribution is -2.24. The van der Waals surface area contributed by atoms with Gasteiger partial charge in [-0.3, -0.25) is 0 Å². The molecule has 3 N–H and O–H groups in total. The Morgan fingerprint density at radius 1 is 1.65 bits per heavy atom. The van der Waals surface area contributed by atoms with Gasteiger partial charge < -0.3 is 20.2 Å². The van der Waals surface area contributed by atoms with Crippen molar-refractivity contribution in [3.05, 3.63) is 23.8 Å². The lowest BCUT2D eigenvalue weighted by Gasteiger charge is -2.09. The van der Waals surface area contributed by atoms with E-state index in [2.05, 4.69) is 0 Å². The van der Waals surface area contributed by atoms with Crippen LogP contribution in [-0.2, 0) is 9.45 Å². The molecule has 0 aromatic heterocycles. The predicted molar refractivity (Wildman–Crippen MR) is 63.7 cm³/mol. The number of rotatable bonds is 4. The molecule has 0 saturated carbocycles. The Morgan fingerprint density at radius 2 is 2.41 bits per heavy atom. The third kappa shape index (κ3) is 2.43. The number of hydrogen-bond donors (Lipinski definition) is 2. The van der Waals surface area contributed by atoms with E-state index in [1.54, 1.807) is 6.07 Å². The maximum Gasteiger partial charge on any atom is 0.341 e. The molecule has 5 nitrogen and oxygen atoms in total. The van der Waals surface area contributed by atoms with Crippen LogP contribution in [0.2, 0.25) is 6.82 Å². The van der Waals surface area contributed by atoms with Gasteiger partial charge in [0.15, 0.2) is 6.61 Å². The van der Waals surface area contributed by atoms with Crippen molar-refractivity contribution in [1.29, 1.82) is 0 Å². The van der Waals surface area contributed by atoms with E-state index in [9.17, 15) is 4.79 Å². The van der Waals surface area contributed by atoms with Gasteiger partial charge >= 0.3 is 12.9 Å². The molecule has 1 aliphatic heterocycles. The number of nitrogens with two attached hydrogens (primary N) is 1. The average Bonchev–Trinajstić information content (AvgIpc) is 2.63. The maximum atomic E-state index is 10.4. The van der Waals surface area contributed by atoms with Crippen LogP contribution in [0, 0.1) is 0 Å². The van der Waals surface area contributed by atoms with Crippen molar-refractivity contribution in [2.75, 3.05) is 13.2 Å². The highest BCUT2D eigenvalue weighted by atomic mass is 16.5. The lowest BCUT2D eigenvalue weighted by atomic mass is 9.64. The number of carboxylic acid groups (broad SMARTS) is 1. The van der Waals surface area contributed by atoms with Crippen LogP contribution in [0.15, 0.2) is 18.2 Å². The maximum absolute atomic E-state index is 10.4. The molecule has 90 valence electrons. The molecule has 0 fully saturated rings. The molecular weight excluding hydrogens is 221 g/mol. The zero-order valence-corrected chi connectivity index (χ0v) is 9.55. The number of benzene rings is 1. The van der Waals surface area contributed by atoms with Crippen LogP contribution in [0.5, 0.6) is 5.75 Å². The predicted octanol–water partition coefficient (Wildman–Crippen LogP) is 0.00830. The molecule has 1 aromatic rings. The summed E-state index contributed by atoms with van der Waals surface area (Å²) in [5, 5.41) is 8.53. The molecule has 1 heterocycles. The largest absolute Gasteiger partial charge is 0.482 e. The first-order chi connectivity index (χ1) is 8.11. The molecule has 1 aliphatic rings. The molecule has 1 aromatic carbocycles. The van der Waals surface area contributed by atoms with Crippen molar-refractivity contribution in [3.63, 3.8) is 0 Å². The molecule has 0 amide bonds. The van der Waals surface area contributed by atoms with Gasteiger partial charge in [-0.2, -0.15) is 0 Å². The summed E-state index contributed by atoms with van der Waals surface area (Å²) in [5.41, 5.74) is 7.69. The van der Waals surface area contributed by atoms with Gasteiger partial charge in [0.2, 0.25) is 0 Å². The van der Waals surface area contributed by atoms with E-state index in [0.29, 0.717) is 12.3 Å². The Labute approximate surface area is 99.6 Å². The van der Waals surface area contributed by atoms with Crippen molar-refractivity contribution >= 4 is 18.3 Å². The molecule has 17 heavy (non-hydrogen) atoms. The van der Waals surface area contributed by atoms with E-state index in [1.807, 2.05) is 19.0 Å². The Morgan fingerprint density at radius 3 is 3.06 bits per heavy atom. The summed E-state index contributed by atoms with van der Waals surface area (Å²) in [6.07, 6.45) is -0.0754. The molecule has 0 saturated heterocycles. The minimum atomic E-state index is -0.991. The Bertz CT molecular complexity index is 437. The van der Waals surface area contributed by atoms with Gasteiger partial charge in [0, 0.05) is 6.54 Å². The first kappa shape index (κ1) is 11.9. The molecule has 1 atom stereocenters. The average molecular weight is 235 g/mol. The summed E-state index contributed by atoms with van der Waals surface area (Å²) in [5.74, 6) is -0.450. The molecule has 2 rings (SSSR count). The lowest BCUT2D eigenvalue weighted by molar-refractivity contribution is -0.139. The number of fused-ring (bicyclic) bond motifs is 1. The number of hydrogen-bond acceptors (Lipinski definition) is 4. The molecule has 0 aliphatic carbocycles. The number of aliphatic carboxylic acids is 1. The SMILES string of the molecule is CB1O[C@H](CN)c2ccc(OCC(=O)O)cc21. The first-order valence-electron chi connectivity index (χ1n) is 5.45. The highest BCUT2D eigenvalue weighted by Crippen LogP contribution is 2.25. The zero-order chi connectivity index (χ0) is 12.4. The summed E-state index contributed by atoms with van der Waals surface area (Å²) >= 11 is 0. The molecule has 6 heteroatoms. The van der Waals surface area contributed by atoms with Crippen LogP contribution >= 0.6 is 0 Å². The second-order valence-electron chi connectivity index (χ2n) is 3.98. The fourth-order valence-electron chi connectivity index (χ4n) is 2.01. The van der Waals surface area contributed by atoms with Crippen LogP contribution in [0.4, 0.5) is 0 Å². The van der Waals surface area contributed by atoms with E-state index in [4.69, 9.17) is 20.2 Å². The quantitative estimate of drug-likeness (QED) is 0.718. The van der Waals surface area contributed by atoms with Crippen LogP contribution in [-0.4, -0.2) is 31.1 Å². The van der Waals surface area contributed by atoms with Gasteiger partial charge in [-0.05, 0) is 23.2 Å². The normalized spacial score (nSPS) is 18.0. The summed E-state index contributed by atoms with van der Waals surface area (Å²) in [4.78, 5) is 10.4. The van der Waals surface area contributed by atoms with Crippen LogP contribution in [0.1, 0.15) is 11.7 Å². The van der Waals surface area contributed by atoms with Crippen LogP contribution in [0.3, 0.4) is 0 Å². The third-order valence-corrected chi connectivity index (χ3v) is 2.79. The van der Waals surface area contributed by atoms with Crippen molar-refractivity contribution < 1.29 is 19.3 Å². The van der Waals surface area contributed by atoms with Gasteiger partial charge in [-0.15, -0.1) is 0 Å². The van der Waals surface area contributed by atoms with Gasteiger partial charge in [0.1, 0.15) is 5.75 Å². The van der Waals surface area contributed by atoms with Crippen LogP contribution < -0.4 is 15.9 Å². The fraction of sp³-hybridized carbons (Fsp3) is 0.364.